The van der Waals surface area contributed by atoms with E-state index in [4.69, 9.17) is 0 Å². The summed E-state index contributed by atoms with van der Waals surface area (Å²) < 4.78 is 38.5. The van der Waals surface area contributed by atoms with Crippen LogP contribution in [-0.2, 0) is 19.6 Å². The number of hydrogen-bond donors (Lipinski definition) is 1. The summed E-state index contributed by atoms with van der Waals surface area (Å²) in [4.78, 5) is 3.56. The molecule has 0 spiro atoms. The first-order chi connectivity index (χ1) is 8.47. The Morgan fingerprint density at radius 3 is 2.72 bits per heavy atom. The minimum atomic E-state index is -4.46. The van der Waals surface area contributed by atoms with Crippen LogP contribution in [-0.4, -0.2) is 27.4 Å². The van der Waals surface area contributed by atoms with Crippen LogP contribution in [0.5, 0.6) is 0 Å². The van der Waals surface area contributed by atoms with Gasteiger partial charge in [0.1, 0.15) is 5.82 Å². The fourth-order valence-electron chi connectivity index (χ4n) is 2.23. The standard InChI is InChI=1S/C11H17F3N4/c1-18-9(16-10(17-18)11(12,13)14)6-5-8-4-2-3-7-15-8/h8,15H,2-7H2,1H3. The summed E-state index contributed by atoms with van der Waals surface area (Å²) in [6.07, 6.45) is 0.327. The second kappa shape index (κ2) is 5.26. The molecule has 2 rings (SSSR count). The second-order valence-corrected chi connectivity index (χ2v) is 4.66. The molecule has 2 heterocycles. The predicted molar refractivity (Wildman–Crippen MR) is 60.0 cm³/mol. The molecule has 1 N–H and O–H groups in total. The number of nitrogens with one attached hydrogen (secondary N) is 1. The summed E-state index contributed by atoms with van der Waals surface area (Å²) in [5.74, 6) is -0.647. The largest absolute Gasteiger partial charge is 0.453 e. The molecule has 0 aromatic carbocycles. The second-order valence-electron chi connectivity index (χ2n) is 4.66. The lowest BCUT2D eigenvalue weighted by molar-refractivity contribution is -0.145. The molecule has 0 aliphatic carbocycles. The van der Waals surface area contributed by atoms with Gasteiger partial charge >= 0.3 is 6.18 Å². The summed E-state index contributed by atoms with van der Waals surface area (Å²) in [5.41, 5.74) is 0. The molecule has 1 fully saturated rings. The first-order valence-electron chi connectivity index (χ1n) is 6.17. The van der Waals surface area contributed by atoms with Crippen molar-refractivity contribution in [3.05, 3.63) is 11.6 Å². The van der Waals surface area contributed by atoms with Crippen LogP contribution in [0.2, 0.25) is 0 Å². The number of piperidine rings is 1. The van der Waals surface area contributed by atoms with Gasteiger partial charge in [-0.25, -0.2) is 4.98 Å². The average Bonchev–Trinajstić information content (AvgIpc) is 2.69. The van der Waals surface area contributed by atoms with E-state index in [0.717, 1.165) is 19.4 Å². The Kier molecular flexibility index (Phi) is 3.89. The molecule has 18 heavy (non-hydrogen) atoms. The molecule has 1 aromatic rings. The molecular weight excluding hydrogens is 245 g/mol. The Balaban J connectivity index is 1.94. The number of halogens is 3. The number of aryl methyl sites for hydroxylation is 2. The maximum absolute atomic E-state index is 12.4. The summed E-state index contributed by atoms with van der Waals surface area (Å²) in [7, 11) is 1.51. The minimum Gasteiger partial charge on any atom is -0.314 e. The number of aromatic nitrogens is 3. The van der Waals surface area contributed by atoms with E-state index < -0.39 is 12.0 Å². The molecule has 1 aliphatic heterocycles. The first-order valence-corrected chi connectivity index (χ1v) is 6.17. The van der Waals surface area contributed by atoms with E-state index in [2.05, 4.69) is 15.4 Å². The van der Waals surface area contributed by atoms with E-state index in [9.17, 15) is 13.2 Å². The highest BCUT2D eigenvalue weighted by Gasteiger charge is 2.36. The third-order valence-electron chi connectivity index (χ3n) is 3.24. The van der Waals surface area contributed by atoms with Crippen molar-refractivity contribution in [2.75, 3.05) is 6.54 Å². The molecule has 102 valence electrons. The van der Waals surface area contributed by atoms with E-state index in [1.807, 2.05) is 0 Å². The minimum absolute atomic E-state index is 0.393. The molecule has 0 radical (unpaired) electrons. The Labute approximate surface area is 104 Å². The SMILES string of the molecule is Cn1nc(C(F)(F)F)nc1CCC1CCCCN1. The smallest absolute Gasteiger partial charge is 0.314 e. The van der Waals surface area contributed by atoms with Crippen LogP contribution in [0.1, 0.15) is 37.3 Å². The zero-order valence-electron chi connectivity index (χ0n) is 10.3. The van der Waals surface area contributed by atoms with E-state index in [-0.39, 0.29) is 0 Å². The van der Waals surface area contributed by atoms with Crippen molar-refractivity contribution in [1.82, 2.24) is 20.1 Å². The van der Waals surface area contributed by atoms with Gasteiger partial charge in [0.15, 0.2) is 0 Å². The van der Waals surface area contributed by atoms with Crippen molar-refractivity contribution in [2.24, 2.45) is 7.05 Å². The lowest BCUT2D eigenvalue weighted by atomic mass is 10.0. The van der Waals surface area contributed by atoms with Gasteiger partial charge in [-0.15, -0.1) is 5.10 Å². The Hall–Kier alpha value is -1.11. The number of alkyl halides is 3. The van der Waals surface area contributed by atoms with Crippen LogP contribution in [0.3, 0.4) is 0 Å². The fraction of sp³-hybridized carbons (Fsp3) is 0.818. The van der Waals surface area contributed by atoms with Crippen LogP contribution in [0, 0.1) is 0 Å². The van der Waals surface area contributed by atoms with Crippen molar-refractivity contribution >= 4 is 0 Å². The topological polar surface area (TPSA) is 42.7 Å². The number of hydrogen-bond acceptors (Lipinski definition) is 3. The molecule has 0 bridgehead atoms. The Morgan fingerprint density at radius 1 is 1.39 bits per heavy atom. The molecule has 0 amide bonds. The number of nitrogens with zero attached hydrogens (tertiary/aromatic N) is 3. The summed E-state index contributed by atoms with van der Waals surface area (Å²) in [6.45, 7) is 0.997. The molecule has 7 heteroatoms. The van der Waals surface area contributed by atoms with Crippen LogP contribution in [0.4, 0.5) is 13.2 Å². The first kappa shape index (κ1) is 13.3. The summed E-state index contributed by atoms with van der Waals surface area (Å²) in [5, 5.41) is 6.77. The average molecular weight is 262 g/mol. The lowest BCUT2D eigenvalue weighted by Gasteiger charge is -2.22. The van der Waals surface area contributed by atoms with Crippen LogP contribution < -0.4 is 5.32 Å². The van der Waals surface area contributed by atoms with Gasteiger partial charge in [0.25, 0.3) is 5.82 Å². The Bertz CT molecular complexity index is 393. The molecule has 1 aromatic heterocycles. The van der Waals surface area contributed by atoms with E-state index in [0.29, 0.717) is 18.3 Å². The van der Waals surface area contributed by atoms with Gasteiger partial charge in [-0.05, 0) is 25.8 Å². The van der Waals surface area contributed by atoms with Gasteiger partial charge in [0.05, 0.1) is 0 Å². The highest BCUT2D eigenvalue weighted by molar-refractivity contribution is 4.97. The van der Waals surface area contributed by atoms with Gasteiger partial charge in [0.2, 0.25) is 0 Å². The van der Waals surface area contributed by atoms with Crippen LogP contribution in [0.25, 0.3) is 0 Å². The fourth-order valence-corrected chi connectivity index (χ4v) is 2.23. The third-order valence-corrected chi connectivity index (χ3v) is 3.24. The predicted octanol–water partition coefficient (Wildman–Crippen LogP) is 1.91. The van der Waals surface area contributed by atoms with Crippen LogP contribution in [0.15, 0.2) is 0 Å². The zero-order chi connectivity index (χ0) is 13.2. The van der Waals surface area contributed by atoms with Crippen molar-refractivity contribution in [1.29, 1.82) is 0 Å². The summed E-state index contributed by atoms with van der Waals surface area (Å²) in [6, 6.07) is 0.393. The van der Waals surface area contributed by atoms with Gasteiger partial charge in [-0.3, -0.25) is 4.68 Å². The maximum Gasteiger partial charge on any atom is 0.453 e. The molecule has 4 nitrogen and oxygen atoms in total. The molecule has 1 aliphatic rings. The van der Waals surface area contributed by atoms with Gasteiger partial charge < -0.3 is 5.32 Å². The number of rotatable bonds is 3. The molecule has 1 saturated heterocycles. The molecular formula is C11H17F3N4. The Morgan fingerprint density at radius 2 is 2.17 bits per heavy atom. The van der Waals surface area contributed by atoms with Crippen molar-refractivity contribution in [2.45, 2.75) is 44.3 Å². The zero-order valence-corrected chi connectivity index (χ0v) is 10.3. The van der Waals surface area contributed by atoms with Gasteiger partial charge in [0, 0.05) is 19.5 Å². The molecule has 1 atom stereocenters. The van der Waals surface area contributed by atoms with E-state index in [1.54, 1.807) is 0 Å². The third kappa shape index (κ3) is 3.22. The van der Waals surface area contributed by atoms with E-state index >= 15 is 0 Å². The van der Waals surface area contributed by atoms with Crippen molar-refractivity contribution < 1.29 is 13.2 Å². The lowest BCUT2D eigenvalue weighted by Crippen LogP contribution is -2.34. The van der Waals surface area contributed by atoms with Crippen molar-refractivity contribution in [3.8, 4) is 0 Å². The van der Waals surface area contributed by atoms with Gasteiger partial charge in [-0.1, -0.05) is 6.42 Å². The summed E-state index contributed by atoms with van der Waals surface area (Å²) >= 11 is 0. The monoisotopic (exact) mass is 262 g/mol. The van der Waals surface area contributed by atoms with Gasteiger partial charge in [-0.2, -0.15) is 13.2 Å². The molecule has 0 saturated carbocycles. The van der Waals surface area contributed by atoms with Crippen molar-refractivity contribution in [3.63, 3.8) is 0 Å². The van der Waals surface area contributed by atoms with Crippen LogP contribution >= 0.6 is 0 Å². The quantitative estimate of drug-likeness (QED) is 0.904. The normalized spacial score (nSPS) is 21.2. The van der Waals surface area contributed by atoms with E-state index in [1.165, 1.54) is 24.6 Å². The highest BCUT2D eigenvalue weighted by atomic mass is 19.4. The molecule has 1 unspecified atom stereocenters. The maximum atomic E-state index is 12.4. The highest BCUT2D eigenvalue weighted by Crippen LogP contribution is 2.26.